The Hall–Kier alpha value is -7.42. The fourth-order valence-corrected chi connectivity index (χ4v) is 14.7. The zero-order valence-corrected chi connectivity index (χ0v) is 65.0. The third-order valence-corrected chi connectivity index (χ3v) is 23.7. The van der Waals surface area contributed by atoms with Crippen molar-refractivity contribution in [1.29, 1.82) is 0 Å². The second kappa shape index (κ2) is 41.9. The summed E-state index contributed by atoms with van der Waals surface area (Å²) in [4.78, 5) is 168. The lowest BCUT2D eigenvalue weighted by Gasteiger charge is -2.38. The number of rotatable bonds is 28. The highest BCUT2D eigenvalue weighted by molar-refractivity contribution is 5.87. The molecule has 6 aliphatic carbocycles. The molecule has 16 atom stereocenters. The highest BCUT2D eigenvalue weighted by Crippen LogP contribution is 2.63. The molecule has 0 N–H and O–H groups in total. The van der Waals surface area contributed by atoms with Crippen LogP contribution in [0, 0.1) is 68.5 Å². The van der Waals surface area contributed by atoms with E-state index in [1.54, 1.807) is 62.3 Å². The maximum atomic E-state index is 12.6. The number of hydrogen-bond donors (Lipinski definition) is 0. The van der Waals surface area contributed by atoms with Crippen LogP contribution in [0.4, 0.5) is 0 Å². The average Bonchev–Trinajstić information content (AvgIpc) is 1.55. The van der Waals surface area contributed by atoms with Crippen molar-refractivity contribution >= 4 is 83.6 Å². The lowest BCUT2D eigenvalue weighted by molar-refractivity contribution is -0.202. The quantitative estimate of drug-likeness (QED) is 0.0399. The van der Waals surface area contributed by atoms with Crippen LogP contribution in [0.15, 0.2) is 0 Å². The summed E-state index contributed by atoms with van der Waals surface area (Å²) in [5, 5.41) is 0. The number of fused-ring (bicyclic) bond motifs is 6. The van der Waals surface area contributed by atoms with Gasteiger partial charge in [0.2, 0.25) is 11.2 Å². The van der Waals surface area contributed by atoms with E-state index in [0.29, 0.717) is 77.0 Å². The Kier molecular flexibility index (Phi) is 39.9. The van der Waals surface area contributed by atoms with Gasteiger partial charge in [-0.1, -0.05) is 94.0 Å². The van der Waals surface area contributed by atoms with Crippen molar-refractivity contribution in [3.63, 3.8) is 0 Å². The molecule has 16 unspecified atom stereocenters. The summed E-state index contributed by atoms with van der Waals surface area (Å²) in [5.41, 5.74) is -7.08. The topological polar surface area (TPSA) is 368 Å². The molecule has 4 saturated heterocycles. The standard InChI is InChI=1S/2C21H30O8.C18H28O6.C17H26O6.8CH4/c1-5-20(2,3)19(25)27-9-8-26-14(22)6-7-15(23)28-17-16-12-10-21(17,4)11-13(12)18(24)29-16;1-5-20(2,3)19(25)27-9-8-26-15(22)6-7-16(23)28-17-12-10-13-14(11-12)21(17,4)29-18(13)24;1-7-16(2,3)14(20)23-17(4,5)15(21)24-18(6)9-8-11-10-12(18)22-13(11)19;1-6-16(2,3)14(19)23-17(4,5)15(20)22-11-8-7-10-9-12(11)21-13(10)18;;;;;;;;/h12-13,16-17H,5-11H2,1-4H3;12-14,17H,5-11H2,1-4H3;11-12H,7-10H2,1-6H3;10-12H,6-9H2,1-5H3;8*1H4. The van der Waals surface area contributed by atoms with E-state index in [1.165, 1.54) is 27.7 Å². The first kappa shape index (κ1) is 108. The first-order chi connectivity index (χ1) is 48.6. The van der Waals surface area contributed by atoms with Crippen LogP contribution in [-0.4, -0.2) is 169 Å². The number of ether oxygens (including phenoxy) is 14. The minimum atomic E-state index is -1.40. The van der Waals surface area contributed by atoms with Gasteiger partial charge in [0.05, 0.1) is 71.0 Å². The Bertz CT molecular complexity index is 3240. The molecule has 0 amide bonds. The fraction of sp³-hybridized carbons (Fsp3) is 0.835. The second-order valence-corrected chi connectivity index (χ2v) is 34.1. The third kappa shape index (κ3) is 25.1. The largest absolute Gasteiger partial charge is 0.462 e. The summed E-state index contributed by atoms with van der Waals surface area (Å²) in [7, 11) is 0. The molecule has 8 bridgehead atoms. The maximum Gasteiger partial charge on any atom is 0.350 e. The SMILES string of the molecule is C.C.C.C.C.C.C.C.CCC(C)(C)C(=O)OC(C)(C)C(=O)OC1(C)CCC2CC1OC2=O.CCC(C)(C)C(=O)OC(C)(C)C(=O)OC1CCC2CC1OC2=O.CCC(C)(C)C(=O)OCCOC(=O)CCC(=O)OC1C2CC3C(=O)OC1(C)C3C2.CCC(C)(C)C(=O)OCCOC(=O)CCC(=O)OC1C2OC(=O)C3CC1(C)CC32. The van der Waals surface area contributed by atoms with Gasteiger partial charge in [-0.15, -0.1) is 0 Å². The number of carbonyl (C=O) groups excluding carboxylic acids is 14. The van der Waals surface area contributed by atoms with Gasteiger partial charge >= 0.3 is 83.6 Å². The van der Waals surface area contributed by atoms with Crippen LogP contribution in [0.3, 0.4) is 0 Å². The van der Waals surface area contributed by atoms with Gasteiger partial charge < -0.3 is 66.3 Å². The predicted molar refractivity (Wildman–Crippen MR) is 420 cm³/mol. The molecule has 0 aromatic rings. The minimum absolute atomic E-state index is 0. The van der Waals surface area contributed by atoms with E-state index in [1.807, 2.05) is 41.5 Å². The lowest BCUT2D eigenvalue weighted by Crippen LogP contribution is -2.51. The Morgan fingerprint density at radius 1 is 0.425 bits per heavy atom. The number of carbonyl (C=O) groups is 14. The van der Waals surface area contributed by atoms with E-state index in [4.69, 9.17) is 66.3 Å². The molecule has 0 aromatic carbocycles. The van der Waals surface area contributed by atoms with E-state index in [2.05, 4.69) is 0 Å². The van der Waals surface area contributed by atoms with Gasteiger partial charge in [-0.3, -0.25) is 57.5 Å². The Balaban J connectivity index is 0. The molecule has 6 saturated carbocycles. The molecule has 10 fully saturated rings. The van der Waals surface area contributed by atoms with E-state index in [-0.39, 0.29) is 206 Å². The predicted octanol–water partition coefficient (Wildman–Crippen LogP) is 14.6. The van der Waals surface area contributed by atoms with Crippen LogP contribution in [-0.2, 0) is 133 Å². The van der Waals surface area contributed by atoms with Gasteiger partial charge in [0, 0.05) is 36.0 Å². The second-order valence-electron chi connectivity index (χ2n) is 34.1. The van der Waals surface area contributed by atoms with Gasteiger partial charge in [0.25, 0.3) is 0 Å². The molecule has 10 rings (SSSR count). The van der Waals surface area contributed by atoms with Crippen LogP contribution in [0.25, 0.3) is 0 Å². The molecule has 4 heterocycles. The number of esters is 14. The zero-order valence-electron chi connectivity index (χ0n) is 65.0. The van der Waals surface area contributed by atoms with Gasteiger partial charge in [-0.05, 0) is 174 Å². The summed E-state index contributed by atoms with van der Waals surface area (Å²) in [6.07, 6.45) is 6.23. The van der Waals surface area contributed by atoms with E-state index < -0.39 is 116 Å². The van der Waals surface area contributed by atoms with E-state index in [9.17, 15) is 67.1 Å². The summed E-state index contributed by atoms with van der Waals surface area (Å²) in [5.74, 6) is -5.57. The first-order valence-electron chi connectivity index (χ1n) is 37.4. The molecular weight excluding hydrogens is 1470 g/mol. The first-order valence-corrected chi connectivity index (χ1v) is 37.4. The van der Waals surface area contributed by atoms with Crippen LogP contribution in [0.2, 0.25) is 0 Å². The zero-order chi connectivity index (χ0) is 78.5. The molecule has 4 aliphatic heterocycles. The molecular formula is C85H146O28. The minimum Gasteiger partial charge on any atom is -0.462 e. The Labute approximate surface area is 674 Å². The van der Waals surface area contributed by atoms with Crippen molar-refractivity contribution in [2.75, 3.05) is 26.4 Å². The summed E-state index contributed by atoms with van der Waals surface area (Å²) >= 11 is 0. The van der Waals surface area contributed by atoms with Gasteiger partial charge in [-0.2, -0.15) is 0 Å². The fourth-order valence-electron chi connectivity index (χ4n) is 14.7. The summed E-state index contributed by atoms with van der Waals surface area (Å²) < 4.78 is 74.8. The van der Waals surface area contributed by atoms with E-state index in [0.717, 1.165) is 12.8 Å². The van der Waals surface area contributed by atoms with Crippen LogP contribution < -0.4 is 0 Å². The lowest BCUT2D eigenvalue weighted by atomic mass is 9.79. The number of hydrogen-bond acceptors (Lipinski definition) is 28. The average molecular weight is 1620 g/mol. The van der Waals surface area contributed by atoms with Gasteiger partial charge in [0.1, 0.15) is 74.3 Å². The van der Waals surface area contributed by atoms with Gasteiger partial charge in [-0.25, -0.2) is 9.59 Å². The Morgan fingerprint density at radius 2 is 0.858 bits per heavy atom. The molecule has 0 aromatic heterocycles. The molecule has 28 heteroatoms. The smallest absolute Gasteiger partial charge is 0.350 e. The molecule has 0 radical (unpaired) electrons. The van der Waals surface area contributed by atoms with E-state index >= 15 is 0 Å². The van der Waals surface area contributed by atoms with Crippen molar-refractivity contribution in [3.05, 3.63) is 0 Å². The monoisotopic (exact) mass is 1620 g/mol. The van der Waals surface area contributed by atoms with Crippen LogP contribution in [0.5, 0.6) is 0 Å². The van der Waals surface area contributed by atoms with Gasteiger partial charge in [0.15, 0.2) is 0 Å². The van der Waals surface area contributed by atoms with Crippen molar-refractivity contribution in [3.8, 4) is 0 Å². The molecule has 0 spiro atoms. The molecule has 28 nitrogen and oxygen atoms in total. The highest BCUT2D eigenvalue weighted by atomic mass is 16.7. The van der Waals surface area contributed by atoms with Crippen molar-refractivity contribution in [2.45, 2.75) is 366 Å². The molecule has 113 heavy (non-hydrogen) atoms. The molecule has 654 valence electrons. The highest BCUT2D eigenvalue weighted by Gasteiger charge is 2.71. The van der Waals surface area contributed by atoms with Crippen molar-refractivity contribution in [2.24, 2.45) is 68.5 Å². The maximum absolute atomic E-state index is 12.6. The van der Waals surface area contributed by atoms with Crippen molar-refractivity contribution in [1.82, 2.24) is 0 Å². The summed E-state index contributed by atoms with van der Waals surface area (Å²) in [6, 6.07) is 0. The normalized spacial score (nSPS) is 28.4. The van der Waals surface area contributed by atoms with Crippen LogP contribution >= 0.6 is 0 Å². The molecule has 10 aliphatic rings. The summed E-state index contributed by atoms with van der Waals surface area (Å²) in [6.45, 7) is 33.4. The Morgan fingerprint density at radius 3 is 1.35 bits per heavy atom. The van der Waals surface area contributed by atoms with Crippen LogP contribution in [0.1, 0.15) is 307 Å². The third-order valence-electron chi connectivity index (χ3n) is 23.7. The van der Waals surface area contributed by atoms with Crippen molar-refractivity contribution < 1.29 is 133 Å².